The summed E-state index contributed by atoms with van der Waals surface area (Å²) in [7, 11) is 0. The summed E-state index contributed by atoms with van der Waals surface area (Å²) < 4.78 is 17.0. The second-order valence-corrected chi connectivity index (χ2v) is 6.70. The van der Waals surface area contributed by atoms with Gasteiger partial charge in [-0.2, -0.15) is 4.98 Å². The van der Waals surface area contributed by atoms with Crippen molar-refractivity contribution in [3.63, 3.8) is 0 Å². The summed E-state index contributed by atoms with van der Waals surface area (Å²) in [6, 6.07) is 11.2. The summed E-state index contributed by atoms with van der Waals surface area (Å²) in [5, 5.41) is 7.45. The zero-order valence-corrected chi connectivity index (χ0v) is 17.0. The number of halogens is 1. The molecule has 1 N–H and O–H groups in total. The second kappa shape index (κ2) is 8.95. The van der Waals surface area contributed by atoms with E-state index in [1.54, 1.807) is 12.1 Å². The Bertz CT molecular complexity index is 1040. The van der Waals surface area contributed by atoms with E-state index in [0.717, 1.165) is 30.0 Å². The predicted molar refractivity (Wildman–Crippen MR) is 112 cm³/mol. The van der Waals surface area contributed by atoms with E-state index in [-0.39, 0.29) is 18.5 Å². The zero-order valence-electron chi connectivity index (χ0n) is 16.1. The fraction of sp³-hybridized carbons (Fsp3) is 0.286. The number of benzene rings is 2. The molecule has 0 bridgehead atoms. The number of nitrogens with zero attached hydrogens (tertiary/aromatic N) is 3. The highest BCUT2D eigenvalue weighted by Gasteiger charge is 2.19. The first-order valence-corrected chi connectivity index (χ1v) is 9.13. The lowest BCUT2D eigenvalue weighted by atomic mass is 10.1. The van der Waals surface area contributed by atoms with Crippen LogP contribution in [0.4, 0.5) is 5.69 Å². The molecule has 29 heavy (non-hydrogen) atoms. The van der Waals surface area contributed by atoms with Crippen molar-refractivity contribution < 1.29 is 14.0 Å². The molecule has 2 heterocycles. The summed E-state index contributed by atoms with van der Waals surface area (Å²) >= 11 is 0. The van der Waals surface area contributed by atoms with Gasteiger partial charge in [0.1, 0.15) is 18.1 Å². The first-order valence-electron chi connectivity index (χ1n) is 9.13. The summed E-state index contributed by atoms with van der Waals surface area (Å²) in [4.78, 5) is 8.08. The molecule has 0 saturated heterocycles. The van der Waals surface area contributed by atoms with Crippen LogP contribution >= 0.6 is 12.4 Å². The van der Waals surface area contributed by atoms with Crippen molar-refractivity contribution in [1.29, 1.82) is 0 Å². The monoisotopic (exact) mass is 412 g/mol. The quantitative estimate of drug-likeness (QED) is 0.629. The van der Waals surface area contributed by atoms with Gasteiger partial charge in [-0.05, 0) is 38.1 Å². The Balaban J connectivity index is 0.00000240. The Morgan fingerprint density at radius 3 is 2.90 bits per heavy atom. The second-order valence-electron chi connectivity index (χ2n) is 6.70. The van der Waals surface area contributed by atoms with E-state index in [2.05, 4.69) is 20.3 Å². The Labute approximate surface area is 175 Å². The van der Waals surface area contributed by atoms with Gasteiger partial charge in [0.2, 0.25) is 11.5 Å². The van der Waals surface area contributed by atoms with Crippen molar-refractivity contribution >= 4 is 18.1 Å². The summed E-state index contributed by atoms with van der Waals surface area (Å²) in [5.74, 6) is 2.13. The molecule has 4 rings (SSSR count). The van der Waals surface area contributed by atoms with E-state index < -0.39 is 0 Å². The number of aromatic nitrogens is 2. The van der Waals surface area contributed by atoms with Gasteiger partial charge in [0.05, 0.1) is 18.2 Å². The van der Waals surface area contributed by atoms with Gasteiger partial charge in [0, 0.05) is 24.2 Å². The molecule has 1 aliphatic rings. The predicted octanol–water partition coefficient (Wildman–Crippen LogP) is 4.65. The number of rotatable bonds is 4. The molecule has 0 amide bonds. The third-order valence-electron chi connectivity index (χ3n) is 4.29. The van der Waals surface area contributed by atoms with E-state index >= 15 is 0 Å². The standard InChI is InChI=1S/C21H20N4O3.ClH/c1-13(2)27-18-8-7-14(11-17(18)22-3)21-24-20(25-28-21)16-6-4-5-15-12-23-9-10-26-19(15)16;/h4-8,11,13,23H,9-10,12H2,1-2H3;1H. The molecule has 3 aromatic rings. The first kappa shape index (κ1) is 20.6. The molecule has 0 aliphatic carbocycles. The number of nitrogens with one attached hydrogen (secondary N) is 1. The van der Waals surface area contributed by atoms with Crippen LogP contribution in [0, 0.1) is 6.57 Å². The lowest BCUT2D eigenvalue weighted by molar-refractivity contribution is 0.244. The van der Waals surface area contributed by atoms with Gasteiger partial charge in [-0.1, -0.05) is 17.3 Å². The van der Waals surface area contributed by atoms with Crippen LogP contribution in [0.15, 0.2) is 40.9 Å². The number of hydrogen-bond donors (Lipinski definition) is 1. The zero-order chi connectivity index (χ0) is 19.5. The van der Waals surface area contributed by atoms with Gasteiger partial charge in [-0.15, -0.1) is 12.4 Å². The minimum Gasteiger partial charge on any atom is -0.502 e. The molecule has 0 spiro atoms. The summed E-state index contributed by atoms with van der Waals surface area (Å²) in [5.41, 5.74) is 2.94. The minimum atomic E-state index is -0.0100. The van der Waals surface area contributed by atoms with Crippen LogP contribution in [-0.2, 0) is 6.54 Å². The van der Waals surface area contributed by atoms with Crippen molar-refractivity contribution in [2.24, 2.45) is 0 Å². The number of hydrogen-bond acceptors (Lipinski definition) is 6. The molecule has 1 aliphatic heterocycles. The molecule has 7 nitrogen and oxygen atoms in total. The van der Waals surface area contributed by atoms with Gasteiger partial charge >= 0.3 is 0 Å². The van der Waals surface area contributed by atoms with Crippen molar-refractivity contribution in [2.75, 3.05) is 13.2 Å². The molecule has 0 unspecified atom stereocenters. The highest BCUT2D eigenvalue weighted by atomic mass is 35.5. The van der Waals surface area contributed by atoms with E-state index in [9.17, 15) is 0 Å². The topological polar surface area (TPSA) is 73.8 Å². The molecule has 0 saturated carbocycles. The molecule has 150 valence electrons. The number of fused-ring (bicyclic) bond motifs is 1. The summed E-state index contributed by atoms with van der Waals surface area (Å²) in [6.45, 7) is 13.4. The van der Waals surface area contributed by atoms with Gasteiger partial charge in [0.25, 0.3) is 5.89 Å². The molecule has 0 atom stereocenters. The molecule has 2 aromatic carbocycles. The van der Waals surface area contributed by atoms with Crippen LogP contribution in [0.25, 0.3) is 27.7 Å². The van der Waals surface area contributed by atoms with Crippen molar-refractivity contribution in [2.45, 2.75) is 26.5 Å². The third-order valence-corrected chi connectivity index (χ3v) is 4.29. The van der Waals surface area contributed by atoms with Gasteiger partial charge in [0.15, 0.2) is 0 Å². The van der Waals surface area contributed by atoms with Crippen molar-refractivity contribution in [3.8, 4) is 34.3 Å². The SMILES string of the molecule is Cl.[C-]#[N+]c1cc(-c2nc(-c3cccc4c3OCCNC4)no2)ccc1OC(C)C. The van der Waals surface area contributed by atoms with Gasteiger partial charge < -0.3 is 19.3 Å². The van der Waals surface area contributed by atoms with E-state index in [1.165, 1.54) is 0 Å². The van der Waals surface area contributed by atoms with Crippen LogP contribution in [-0.4, -0.2) is 29.4 Å². The highest BCUT2D eigenvalue weighted by Crippen LogP contribution is 2.36. The van der Waals surface area contributed by atoms with Crippen LogP contribution in [0.1, 0.15) is 19.4 Å². The molecule has 0 fully saturated rings. The normalized spacial score (nSPS) is 12.9. The Morgan fingerprint density at radius 1 is 1.24 bits per heavy atom. The van der Waals surface area contributed by atoms with E-state index in [0.29, 0.717) is 35.3 Å². The fourth-order valence-electron chi connectivity index (χ4n) is 3.06. The largest absolute Gasteiger partial charge is 0.502 e. The summed E-state index contributed by atoms with van der Waals surface area (Å²) in [6.07, 6.45) is -0.0100. The first-order chi connectivity index (χ1) is 13.7. The maximum absolute atomic E-state index is 7.41. The van der Waals surface area contributed by atoms with E-state index in [4.69, 9.17) is 20.6 Å². The van der Waals surface area contributed by atoms with E-state index in [1.807, 2.05) is 38.1 Å². The van der Waals surface area contributed by atoms with Gasteiger partial charge in [-0.25, -0.2) is 4.85 Å². The van der Waals surface area contributed by atoms with Crippen molar-refractivity contribution in [1.82, 2.24) is 15.5 Å². The van der Waals surface area contributed by atoms with Crippen LogP contribution in [0.2, 0.25) is 0 Å². The van der Waals surface area contributed by atoms with Crippen LogP contribution in [0.3, 0.4) is 0 Å². The lowest BCUT2D eigenvalue weighted by Crippen LogP contribution is -2.16. The van der Waals surface area contributed by atoms with Gasteiger partial charge in [-0.3, -0.25) is 0 Å². The van der Waals surface area contributed by atoms with Crippen LogP contribution < -0.4 is 14.8 Å². The number of ether oxygens (including phenoxy) is 2. The average molecular weight is 413 g/mol. The average Bonchev–Trinajstić information content (AvgIpc) is 3.05. The molecular formula is C21H21ClN4O3. The van der Waals surface area contributed by atoms with Crippen LogP contribution in [0.5, 0.6) is 11.5 Å². The molecule has 1 aromatic heterocycles. The smallest absolute Gasteiger partial charge is 0.256 e. The lowest BCUT2D eigenvalue weighted by Gasteiger charge is -2.11. The minimum absolute atomic E-state index is 0. The molecule has 8 heteroatoms. The number of para-hydroxylation sites is 1. The Hall–Kier alpha value is -3.08. The third kappa shape index (κ3) is 4.34. The van der Waals surface area contributed by atoms with Crippen molar-refractivity contribution in [3.05, 3.63) is 53.4 Å². The Kier molecular flexibility index (Phi) is 6.37. The highest BCUT2D eigenvalue weighted by molar-refractivity contribution is 5.85. The molecular weight excluding hydrogens is 392 g/mol. The fourth-order valence-corrected chi connectivity index (χ4v) is 3.06. The maximum atomic E-state index is 7.41. The molecule has 0 radical (unpaired) electrons. The Morgan fingerprint density at radius 2 is 2.10 bits per heavy atom. The maximum Gasteiger partial charge on any atom is 0.256 e.